The summed E-state index contributed by atoms with van der Waals surface area (Å²) in [5.74, 6) is -1.36. The van der Waals surface area contributed by atoms with Gasteiger partial charge in [-0.05, 0) is 25.7 Å². The van der Waals surface area contributed by atoms with E-state index < -0.39 is 40.0 Å². The molecule has 1 aliphatic heterocycles. The summed E-state index contributed by atoms with van der Waals surface area (Å²) in [5, 5.41) is 2.58. The number of nitrogens with one attached hydrogen (secondary N) is 1. The van der Waals surface area contributed by atoms with E-state index in [-0.39, 0.29) is 29.5 Å². The van der Waals surface area contributed by atoms with Crippen LogP contribution in [0.25, 0.3) is 0 Å². The first kappa shape index (κ1) is 19.5. The number of hydrogen-bond acceptors (Lipinski definition) is 6. The largest absolute Gasteiger partial charge is 0.488 e. The number of nitrogens with two attached hydrogens (primary N) is 1. The fourth-order valence-electron chi connectivity index (χ4n) is 3.28. The molecule has 1 saturated carbocycles. The molecule has 1 saturated heterocycles. The first-order chi connectivity index (χ1) is 12.6. The number of halogens is 1. The van der Waals surface area contributed by atoms with E-state index in [1.807, 2.05) is 0 Å². The summed E-state index contributed by atoms with van der Waals surface area (Å²) in [5.41, 5.74) is 4.80. The first-order valence-corrected chi connectivity index (χ1v) is 10.5. The summed E-state index contributed by atoms with van der Waals surface area (Å²) in [4.78, 5) is 28.0. The summed E-state index contributed by atoms with van der Waals surface area (Å²) in [6.45, 7) is 0.908. The van der Waals surface area contributed by atoms with Gasteiger partial charge in [0.1, 0.15) is 24.2 Å². The van der Waals surface area contributed by atoms with Gasteiger partial charge in [-0.1, -0.05) is 0 Å². The molecule has 2 heterocycles. The first-order valence-electron chi connectivity index (χ1n) is 8.67. The lowest BCUT2D eigenvalue weighted by molar-refractivity contribution is -0.119. The van der Waals surface area contributed by atoms with Gasteiger partial charge in [0.2, 0.25) is 5.91 Å². The Labute approximate surface area is 156 Å². The van der Waals surface area contributed by atoms with Gasteiger partial charge in [0, 0.05) is 17.8 Å². The number of carbonyl (C=O) groups excluding carboxylic acids is 2. The second-order valence-corrected chi connectivity index (χ2v) is 9.44. The molecule has 1 atom stereocenters. The minimum atomic E-state index is -3.31. The number of aromatic nitrogens is 1. The molecule has 0 spiro atoms. The van der Waals surface area contributed by atoms with Crippen LogP contribution in [-0.4, -0.2) is 55.0 Å². The van der Waals surface area contributed by atoms with E-state index in [9.17, 15) is 22.4 Å². The molecule has 8 nitrogen and oxygen atoms in total. The maximum absolute atomic E-state index is 12.8. The van der Waals surface area contributed by atoms with E-state index in [1.54, 1.807) is 6.92 Å². The third kappa shape index (κ3) is 4.55. The third-order valence-electron chi connectivity index (χ3n) is 4.57. The minimum Gasteiger partial charge on any atom is -0.488 e. The van der Waals surface area contributed by atoms with Crippen LogP contribution >= 0.6 is 0 Å². The summed E-state index contributed by atoms with van der Waals surface area (Å²) in [6, 6.07) is 1.43. The Balaban J connectivity index is 1.81. The van der Waals surface area contributed by atoms with E-state index in [0.717, 1.165) is 18.4 Å². The molecular weight excluding hydrogens is 377 g/mol. The van der Waals surface area contributed by atoms with Crippen LogP contribution in [0, 0.1) is 0 Å². The Morgan fingerprint density at radius 3 is 2.63 bits per heavy atom. The normalized spacial score (nSPS) is 21.0. The number of primary amides is 1. The SMILES string of the molecule is C[C@H](CF)Oc1cc(C(=O)NC2(CC(N)=O)CS(=O)(=O)C2)ncc1C1CC1. The number of ether oxygens (including phenoxy) is 1. The number of pyridine rings is 1. The van der Waals surface area contributed by atoms with Gasteiger partial charge >= 0.3 is 0 Å². The second-order valence-electron chi connectivity index (χ2n) is 7.37. The van der Waals surface area contributed by atoms with Gasteiger partial charge in [-0.2, -0.15) is 0 Å². The van der Waals surface area contributed by atoms with Crippen molar-refractivity contribution in [1.82, 2.24) is 10.3 Å². The number of sulfone groups is 1. The maximum atomic E-state index is 12.8. The predicted octanol–water partition coefficient (Wildman–Crippen LogP) is 0.468. The van der Waals surface area contributed by atoms with Gasteiger partial charge in [0.15, 0.2) is 9.84 Å². The lowest BCUT2D eigenvalue weighted by Crippen LogP contribution is -2.66. The molecule has 10 heteroatoms. The number of rotatable bonds is 8. The number of amides is 2. The lowest BCUT2D eigenvalue weighted by Gasteiger charge is -2.40. The molecule has 1 aliphatic carbocycles. The Morgan fingerprint density at radius 2 is 2.11 bits per heavy atom. The van der Waals surface area contributed by atoms with Crippen LogP contribution in [0.3, 0.4) is 0 Å². The van der Waals surface area contributed by atoms with Crippen LogP contribution in [0.1, 0.15) is 48.2 Å². The Hall–Kier alpha value is -2.23. The maximum Gasteiger partial charge on any atom is 0.270 e. The van der Waals surface area contributed by atoms with Crippen molar-refractivity contribution < 1.29 is 27.1 Å². The standard InChI is InChI=1S/C17H22FN3O5S/c1-10(6-18)26-14-4-13(20-7-12(14)11-2-3-11)16(23)21-17(5-15(19)22)8-27(24,25)9-17/h4,7,10-11H,2-3,5-6,8-9H2,1H3,(H2,19,22)(H,21,23)/t10-/m1/s1. The monoisotopic (exact) mass is 399 g/mol. The molecule has 1 aromatic rings. The number of hydrogen-bond donors (Lipinski definition) is 2. The average molecular weight is 399 g/mol. The van der Waals surface area contributed by atoms with E-state index in [4.69, 9.17) is 10.5 Å². The molecule has 2 amide bonds. The van der Waals surface area contributed by atoms with Crippen molar-refractivity contribution in [2.45, 2.75) is 43.7 Å². The summed E-state index contributed by atoms with van der Waals surface area (Å²) in [7, 11) is -3.31. The van der Waals surface area contributed by atoms with Crippen LogP contribution in [0.2, 0.25) is 0 Å². The van der Waals surface area contributed by atoms with E-state index in [0.29, 0.717) is 5.75 Å². The zero-order valence-electron chi connectivity index (χ0n) is 14.9. The highest BCUT2D eigenvalue weighted by Gasteiger charge is 2.50. The quantitative estimate of drug-likeness (QED) is 0.654. The second kappa shape index (κ2) is 7.06. The smallest absolute Gasteiger partial charge is 0.270 e. The third-order valence-corrected chi connectivity index (χ3v) is 6.56. The Morgan fingerprint density at radius 1 is 1.44 bits per heavy atom. The lowest BCUT2D eigenvalue weighted by atomic mass is 9.98. The molecule has 1 aromatic heterocycles. The zero-order valence-corrected chi connectivity index (χ0v) is 15.7. The fourth-order valence-corrected chi connectivity index (χ4v) is 5.23. The van der Waals surface area contributed by atoms with Crippen molar-refractivity contribution in [3.63, 3.8) is 0 Å². The zero-order chi connectivity index (χ0) is 19.8. The summed E-state index contributed by atoms with van der Waals surface area (Å²) < 4.78 is 41.5. The average Bonchev–Trinajstić information content (AvgIpc) is 3.36. The molecule has 27 heavy (non-hydrogen) atoms. The van der Waals surface area contributed by atoms with E-state index in [2.05, 4.69) is 10.3 Å². The van der Waals surface area contributed by atoms with Crippen LogP contribution in [0.5, 0.6) is 5.75 Å². The van der Waals surface area contributed by atoms with Crippen LogP contribution in [0.4, 0.5) is 4.39 Å². The summed E-state index contributed by atoms with van der Waals surface area (Å²) in [6.07, 6.45) is 2.55. The van der Waals surface area contributed by atoms with Gasteiger partial charge < -0.3 is 15.8 Å². The van der Waals surface area contributed by atoms with Crippen molar-refractivity contribution in [2.24, 2.45) is 5.73 Å². The van der Waals surface area contributed by atoms with Gasteiger partial charge in [-0.15, -0.1) is 0 Å². The van der Waals surface area contributed by atoms with Gasteiger partial charge in [0.05, 0.1) is 23.5 Å². The van der Waals surface area contributed by atoms with Gasteiger partial charge in [-0.25, -0.2) is 12.8 Å². The Kier molecular flexibility index (Phi) is 5.11. The molecule has 2 fully saturated rings. The van der Waals surface area contributed by atoms with E-state index >= 15 is 0 Å². The highest BCUT2D eigenvalue weighted by Crippen LogP contribution is 2.44. The topological polar surface area (TPSA) is 128 Å². The molecule has 0 radical (unpaired) electrons. The van der Waals surface area contributed by atoms with Crippen LogP contribution in [-0.2, 0) is 14.6 Å². The molecule has 3 N–H and O–H groups in total. The van der Waals surface area contributed by atoms with E-state index in [1.165, 1.54) is 12.3 Å². The van der Waals surface area contributed by atoms with Crippen molar-refractivity contribution in [3.05, 3.63) is 23.5 Å². The highest BCUT2D eigenvalue weighted by molar-refractivity contribution is 7.93. The minimum absolute atomic E-state index is 0.00796. The number of carbonyl (C=O) groups is 2. The molecule has 148 valence electrons. The van der Waals surface area contributed by atoms with Crippen LogP contribution in [0.15, 0.2) is 12.3 Å². The highest BCUT2D eigenvalue weighted by atomic mass is 32.2. The predicted molar refractivity (Wildman–Crippen MR) is 94.9 cm³/mol. The summed E-state index contributed by atoms with van der Waals surface area (Å²) >= 11 is 0. The number of nitrogens with zero attached hydrogens (tertiary/aromatic N) is 1. The fraction of sp³-hybridized carbons (Fsp3) is 0.588. The molecule has 3 rings (SSSR count). The molecular formula is C17H22FN3O5S. The van der Waals surface area contributed by atoms with Crippen molar-refractivity contribution in [3.8, 4) is 5.75 Å². The number of alkyl halides is 1. The molecule has 0 bridgehead atoms. The van der Waals surface area contributed by atoms with Gasteiger partial charge in [0.25, 0.3) is 5.91 Å². The van der Waals surface area contributed by atoms with Crippen molar-refractivity contribution in [1.29, 1.82) is 0 Å². The van der Waals surface area contributed by atoms with Crippen molar-refractivity contribution in [2.75, 3.05) is 18.2 Å². The van der Waals surface area contributed by atoms with Crippen molar-refractivity contribution >= 4 is 21.7 Å². The van der Waals surface area contributed by atoms with Crippen LogP contribution < -0.4 is 15.8 Å². The van der Waals surface area contributed by atoms with Gasteiger partial charge in [-0.3, -0.25) is 14.6 Å². The Bertz CT molecular complexity index is 857. The molecule has 2 aliphatic rings. The molecule has 0 aromatic carbocycles. The molecule has 0 unspecified atom stereocenters.